The molecule has 1 aliphatic carbocycles. The van der Waals surface area contributed by atoms with Gasteiger partial charge in [-0.2, -0.15) is 0 Å². The van der Waals surface area contributed by atoms with Crippen molar-refractivity contribution in [3.8, 4) is 0 Å². The first-order chi connectivity index (χ1) is 6.97. The molecule has 0 aromatic heterocycles. The van der Waals surface area contributed by atoms with Gasteiger partial charge in [0.05, 0.1) is 0 Å². The minimum Gasteiger partial charge on any atom is -0.330 e. The van der Waals surface area contributed by atoms with Gasteiger partial charge < -0.3 is 5.73 Å². The lowest BCUT2D eigenvalue weighted by Crippen LogP contribution is -2.53. The summed E-state index contributed by atoms with van der Waals surface area (Å²) in [6.07, 6.45) is -0.309. The van der Waals surface area contributed by atoms with E-state index in [9.17, 15) is 8.78 Å². The molecule has 1 nitrogen and oxygen atoms in total. The summed E-state index contributed by atoms with van der Waals surface area (Å²) in [4.78, 5) is 0. The molecule has 0 spiro atoms. The van der Waals surface area contributed by atoms with Crippen LogP contribution in [0, 0.1) is 0 Å². The van der Waals surface area contributed by atoms with Gasteiger partial charge in [-0.3, -0.25) is 0 Å². The van der Waals surface area contributed by atoms with Crippen molar-refractivity contribution in [1.82, 2.24) is 0 Å². The maximum atomic E-state index is 12.9. The molecule has 0 bridgehead atoms. The highest BCUT2D eigenvalue weighted by Crippen LogP contribution is 2.52. The second-order valence-electron chi connectivity index (χ2n) is 4.20. The summed E-state index contributed by atoms with van der Waals surface area (Å²) in [5.41, 5.74) is 5.91. The van der Waals surface area contributed by atoms with E-state index in [1.54, 1.807) is 24.3 Å². The van der Waals surface area contributed by atoms with Gasteiger partial charge in [0.25, 0.3) is 0 Å². The molecule has 0 atom stereocenters. The average molecular weight is 232 g/mol. The van der Waals surface area contributed by atoms with Crippen molar-refractivity contribution in [2.45, 2.75) is 24.2 Å². The zero-order chi connectivity index (χ0) is 11.1. The second-order valence-corrected chi connectivity index (χ2v) is 4.64. The Balaban J connectivity index is 2.25. The van der Waals surface area contributed by atoms with Crippen LogP contribution < -0.4 is 5.73 Å². The van der Waals surface area contributed by atoms with E-state index in [2.05, 4.69) is 0 Å². The highest BCUT2D eigenvalue weighted by Gasteiger charge is 2.56. The van der Waals surface area contributed by atoms with Crippen molar-refractivity contribution in [3.05, 3.63) is 34.9 Å². The van der Waals surface area contributed by atoms with Crippen molar-refractivity contribution >= 4 is 11.6 Å². The fourth-order valence-corrected chi connectivity index (χ4v) is 2.33. The molecule has 1 aromatic rings. The molecular formula is C11H12ClF2N. The van der Waals surface area contributed by atoms with E-state index < -0.39 is 11.3 Å². The first kappa shape index (κ1) is 10.8. The van der Waals surface area contributed by atoms with Crippen LogP contribution in [0.4, 0.5) is 8.78 Å². The van der Waals surface area contributed by atoms with E-state index >= 15 is 0 Å². The van der Waals surface area contributed by atoms with Crippen molar-refractivity contribution in [1.29, 1.82) is 0 Å². The molecule has 0 aliphatic heterocycles. The molecule has 0 unspecified atom stereocenters. The lowest BCUT2D eigenvalue weighted by atomic mass is 9.62. The van der Waals surface area contributed by atoms with Crippen LogP contribution in [0.3, 0.4) is 0 Å². The average Bonchev–Trinajstić information content (AvgIpc) is 2.14. The predicted octanol–water partition coefficient (Wildman–Crippen LogP) is 2.97. The summed E-state index contributed by atoms with van der Waals surface area (Å²) < 4.78 is 25.8. The van der Waals surface area contributed by atoms with Crippen molar-refractivity contribution in [3.63, 3.8) is 0 Å². The predicted molar refractivity (Wildman–Crippen MR) is 56.4 cm³/mol. The van der Waals surface area contributed by atoms with Crippen molar-refractivity contribution in [2.75, 3.05) is 6.54 Å². The molecule has 0 radical (unpaired) electrons. The van der Waals surface area contributed by atoms with Crippen molar-refractivity contribution < 1.29 is 8.78 Å². The summed E-state index contributed by atoms with van der Waals surface area (Å²) in [5, 5.41) is 0.608. The SMILES string of the molecule is NCC1(c2ccc(Cl)cc2)CC(F)(F)C1. The summed E-state index contributed by atoms with van der Waals surface area (Å²) in [7, 11) is 0. The number of rotatable bonds is 2. The Morgan fingerprint density at radius 1 is 1.20 bits per heavy atom. The second kappa shape index (κ2) is 3.42. The van der Waals surface area contributed by atoms with Gasteiger partial charge in [0.2, 0.25) is 5.92 Å². The van der Waals surface area contributed by atoms with Gasteiger partial charge in [0.15, 0.2) is 0 Å². The first-order valence-corrected chi connectivity index (χ1v) is 5.19. The van der Waals surface area contributed by atoms with E-state index in [0.29, 0.717) is 5.02 Å². The highest BCUT2D eigenvalue weighted by atomic mass is 35.5. The van der Waals surface area contributed by atoms with E-state index in [-0.39, 0.29) is 19.4 Å². The van der Waals surface area contributed by atoms with E-state index in [1.807, 2.05) is 0 Å². The maximum Gasteiger partial charge on any atom is 0.250 e. The van der Waals surface area contributed by atoms with E-state index in [1.165, 1.54) is 0 Å². The molecule has 0 amide bonds. The van der Waals surface area contributed by atoms with Gasteiger partial charge in [0, 0.05) is 29.8 Å². The smallest absolute Gasteiger partial charge is 0.250 e. The van der Waals surface area contributed by atoms with Gasteiger partial charge in [-0.15, -0.1) is 0 Å². The Kier molecular flexibility index (Phi) is 2.47. The normalized spacial score (nSPS) is 22.1. The number of nitrogens with two attached hydrogens (primary N) is 1. The Hall–Kier alpha value is -0.670. The van der Waals surface area contributed by atoms with Gasteiger partial charge in [-0.1, -0.05) is 23.7 Å². The lowest BCUT2D eigenvalue weighted by molar-refractivity contribution is -0.123. The highest BCUT2D eigenvalue weighted by molar-refractivity contribution is 6.30. The molecule has 0 heterocycles. The lowest BCUT2D eigenvalue weighted by Gasteiger charge is -2.47. The third-order valence-corrected chi connectivity index (χ3v) is 3.29. The molecule has 15 heavy (non-hydrogen) atoms. The third-order valence-electron chi connectivity index (χ3n) is 3.04. The summed E-state index contributed by atoms with van der Waals surface area (Å²) in [6.45, 7) is 0.254. The van der Waals surface area contributed by atoms with Crippen LogP contribution in [-0.4, -0.2) is 12.5 Å². The third kappa shape index (κ3) is 1.86. The van der Waals surface area contributed by atoms with Gasteiger partial charge in [0.1, 0.15) is 0 Å². The maximum absolute atomic E-state index is 12.9. The van der Waals surface area contributed by atoms with Gasteiger partial charge in [-0.25, -0.2) is 8.78 Å². The van der Waals surface area contributed by atoms with Crippen LogP contribution >= 0.6 is 11.6 Å². The Labute approximate surface area is 92.2 Å². The monoisotopic (exact) mass is 231 g/mol. The van der Waals surface area contributed by atoms with Crippen LogP contribution in [-0.2, 0) is 5.41 Å². The van der Waals surface area contributed by atoms with Crippen molar-refractivity contribution in [2.24, 2.45) is 5.73 Å². The standard InChI is InChI=1S/C11H12ClF2N/c12-9-3-1-8(2-4-9)10(7-15)5-11(13,14)6-10/h1-4H,5-7,15H2. The van der Waals surface area contributed by atoms with Crippen LogP contribution in [0.25, 0.3) is 0 Å². The number of benzene rings is 1. The molecule has 2 rings (SSSR count). The molecule has 1 aliphatic rings. The van der Waals surface area contributed by atoms with E-state index in [4.69, 9.17) is 17.3 Å². The summed E-state index contributed by atoms with van der Waals surface area (Å²) >= 11 is 5.74. The molecule has 1 fully saturated rings. The molecule has 0 saturated heterocycles. The molecule has 2 N–H and O–H groups in total. The number of halogens is 3. The Morgan fingerprint density at radius 3 is 2.13 bits per heavy atom. The van der Waals surface area contributed by atoms with Crippen LogP contribution in [0.2, 0.25) is 5.02 Å². The number of alkyl halides is 2. The molecular weight excluding hydrogens is 220 g/mol. The van der Waals surface area contributed by atoms with Gasteiger partial charge >= 0.3 is 0 Å². The Morgan fingerprint density at radius 2 is 1.73 bits per heavy atom. The van der Waals surface area contributed by atoms with E-state index in [0.717, 1.165) is 5.56 Å². The van der Waals surface area contributed by atoms with Gasteiger partial charge in [-0.05, 0) is 17.7 Å². The number of hydrogen-bond acceptors (Lipinski definition) is 1. The topological polar surface area (TPSA) is 26.0 Å². The molecule has 1 saturated carbocycles. The minimum absolute atomic E-state index is 0.155. The summed E-state index contributed by atoms with van der Waals surface area (Å²) in [6, 6.07) is 6.99. The zero-order valence-electron chi connectivity index (χ0n) is 8.14. The zero-order valence-corrected chi connectivity index (χ0v) is 8.90. The fraction of sp³-hybridized carbons (Fsp3) is 0.455. The molecule has 4 heteroatoms. The fourth-order valence-electron chi connectivity index (χ4n) is 2.21. The molecule has 82 valence electrons. The largest absolute Gasteiger partial charge is 0.330 e. The first-order valence-electron chi connectivity index (χ1n) is 4.81. The quantitative estimate of drug-likeness (QED) is 0.832. The molecule has 1 aromatic carbocycles. The Bertz CT molecular complexity index is 353. The van der Waals surface area contributed by atoms with Crippen LogP contribution in [0.1, 0.15) is 18.4 Å². The summed E-state index contributed by atoms with van der Waals surface area (Å²) in [5.74, 6) is -2.56. The van der Waals surface area contributed by atoms with Crippen LogP contribution in [0.5, 0.6) is 0 Å². The van der Waals surface area contributed by atoms with Crippen LogP contribution in [0.15, 0.2) is 24.3 Å². The number of hydrogen-bond donors (Lipinski definition) is 1. The minimum atomic E-state index is -2.56.